The van der Waals surface area contributed by atoms with Gasteiger partial charge in [-0.2, -0.15) is 0 Å². The molecule has 0 atom stereocenters. The third kappa shape index (κ3) is 4.54. The average Bonchev–Trinajstić information content (AvgIpc) is 3.17. The lowest BCUT2D eigenvalue weighted by atomic mass is 10.1. The number of rotatable bonds is 6. The maximum atomic E-state index is 12.9. The number of hydrogen-bond acceptors (Lipinski definition) is 7. The van der Waals surface area contributed by atoms with Gasteiger partial charge in [-0.25, -0.2) is 9.36 Å². The third-order valence-corrected chi connectivity index (χ3v) is 7.73. The monoisotopic (exact) mass is 602 g/mol. The first-order valence-electron chi connectivity index (χ1n) is 12.1. The highest BCUT2D eigenvalue weighted by Crippen LogP contribution is 2.30. The van der Waals surface area contributed by atoms with E-state index in [2.05, 4.69) is 25.9 Å². The van der Waals surface area contributed by atoms with E-state index in [0.717, 1.165) is 31.3 Å². The number of aromatic nitrogens is 2. The van der Waals surface area contributed by atoms with E-state index in [0.29, 0.717) is 33.8 Å². The van der Waals surface area contributed by atoms with Crippen molar-refractivity contribution < 1.29 is 19.4 Å². The number of methoxy groups -OCH3 is 1. The summed E-state index contributed by atoms with van der Waals surface area (Å²) in [5, 5.41) is 11.0. The molecule has 10 nitrogen and oxygen atoms in total. The number of carbonyl (C=O) groups is 2. The summed E-state index contributed by atoms with van der Waals surface area (Å²) in [5.41, 5.74) is 1.72. The van der Waals surface area contributed by atoms with Crippen LogP contribution < -0.4 is 16.0 Å². The first kappa shape index (κ1) is 26.8. The fourth-order valence-corrected chi connectivity index (χ4v) is 4.98. The molecule has 202 valence electrons. The van der Waals surface area contributed by atoms with Gasteiger partial charge in [-0.05, 0) is 67.4 Å². The zero-order valence-electron chi connectivity index (χ0n) is 21.7. The molecule has 0 fully saturated rings. The van der Waals surface area contributed by atoms with E-state index in [1.807, 2.05) is 6.92 Å². The highest BCUT2D eigenvalue weighted by molar-refractivity contribution is 9.10. The van der Waals surface area contributed by atoms with E-state index in [1.54, 1.807) is 61.5 Å². The predicted molar refractivity (Wildman–Crippen MR) is 152 cm³/mol. The van der Waals surface area contributed by atoms with Crippen LogP contribution in [0.3, 0.4) is 0 Å². The molecule has 0 saturated carbocycles. The second kappa shape index (κ2) is 10.4. The van der Waals surface area contributed by atoms with Crippen LogP contribution in [0.1, 0.15) is 43.0 Å². The number of nitrogens with zero attached hydrogens (tertiary/aromatic N) is 3. The van der Waals surface area contributed by atoms with E-state index in [-0.39, 0.29) is 12.1 Å². The van der Waals surface area contributed by atoms with Gasteiger partial charge in [-0.1, -0.05) is 28.1 Å². The molecule has 2 heterocycles. The Bertz CT molecular complexity index is 1820. The van der Waals surface area contributed by atoms with Crippen molar-refractivity contribution in [2.75, 3.05) is 7.11 Å². The first-order chi connectivity index (χ1) is 19.1. The lowest BCUT2D eigenvalue weighted by Gasteiger charge is -2.16. The van der Waals surface area contributed by atoms with E-state index < -0.39 is 28.9 Å². The van der Waals surface area contributed by atoms with Gasteiger partial charge in [-0.3, -0.25) is 29.3 Å². The normalized spacial score (nSPS) is 12.8. The van der Waals surface area contributed by atoms with Crippen LogP contribution in [0.25, 0.3) is 5.69 Å². The summed E-state index contributed by atoms with van der Waals surface area (Å²) in [5.74, 6) is -0.949. The van der Waals surface area contributed by atoms with E-state index in [4.69, 9.17) is 4.74 Å². The second-order valence-electron chi connectivity index (χ2n) is 9.14. The van der Waals surface area contributed by atoms with Crippen molar-refractivity contribution in [2.24, 2.45) is 4.99 Å². The van der Waals surface area contributed by atoms with Crippen LogP contribution in [0.15, 0.2) is 73.7 Å². The number of aromatic amines is 1. The summed E-state index contributed by atoms with van der Waals surface area (Å²) < 4.78 is 7.28. The van der Waals surface area contributed by atoms with E-state index >= 15 is 0 Å². The van der Waals surface area contributed by atoms with E-state index in [9.17, 15) is 24.3 Å². The largest absolute Gasteiger partial charge is 0.496 e. The van der Waals surface area contributed by atoms with Crippen LogP contribution >= 0.6 is 15.9 Å². The second-order valence-corrected chi connectivity index (χ2v) is 10.00. The molecule has 1 aromatic heterocycles. The number of aliphatic imine (C=N–C) groups is 1. The Labute approximate surface area is 236 Å². The Morgan fingerprint density at radius 1 is 0.975 bits per heavy atom. The Balaban J connectivity index is 1.51. The molecule has 1 aliphatic heterocycles. The molecule has 40 heavy (non-hydrogen) atoms. The van der Waals surface area contributed by atoms with Gasteiger partial charge >= 0.3 is 5.69 Å². The van der Waals surface area contributed by atoms with Crippen LogP contribution in [-0.2, 0) is 6.54 Å². The maximum Gasteiger partial charge on any atom is 0.335 e. The Morgan fingerprint density at radius 3 is 2.30 bits per heavy atom. The molecule has 0 aliphatic carbocycles. The van der Waals surface area contributed by atoms with Crippen LogP contribution in [0, 0.1) is 13.8 Å². The predicted octanol–water partition coefficient (Wildman–Crippen LogP) is 4.17. The molecule has 2 N–H and O–H groups in total. The minimum Gasteiger partial charge on any atom is -0.496 e. The van der Waals surface area contributed by atoms with Crippen LogP contribution in [-0.4, -0.2) is 44.7 Å². The summed E-state index contributed by atoms with van der Waals surface area (Å²) in [4.78, 5) is 58.7. The highest BCUT2D eigenvalue weighted by Gasteiger charge is 2.35. The molecule has 11 heteroatoms. The Hall–Kier alpha value is -4.77. The minimum absolute atomic E-state index is 0.0578. The molecular formula is C29H23BrN4O6. The van der Waals surface area contributed by atoms with Crippen LogP contribution in [0.4, 0.5) is 5.69 Å². The smallest absolute Gasteiger partial charge is 0.335 e. The van der Waals surface area contributed by atoms with Gasteiger partial charge in [-0.15, -0.1) is 0 Å². The summed E-state index contributed by atoms with van der Waals surface area (Å²) in [7, 11) is 1.47. The van der Waals surface area contributed by atoms with Gasteiger partial charge in [0.2, 0.25) is 5.88 Å². The topological polar surface area (TPSA) is 134 Å². The summed E-state index contributed by atoms with van der Waals surface area (Å²) in [6.07, 6.45) is 1.15. The fourth-order valence-electron chi connectivity index (χ4n) is 4.55. The number of hydrogen-bond donors (Lipinski definition) is 2. The third-order valence-electron chi connectivity index (χ3n) is 6.87. The van der Waals surface area contributed by atoms with Crippen molar-refractivity contribution in [3.63, 3.8) is 0 Å². The Morgan fingerprint density at radius 2 is 1.65 bits per heavy atom. The number of halogens is 1. The number of ether oxygens (including phenoxy) is 1. The zero-order valence-corrected chi connectivity index (χ0v) is 23.3. The number of carbonyl (C=O) groups excluding carboxylic acids is 2. The first-order valence-corrected chi connectivity index (χ1v) is 12.9. The van der Waals surface area contributed by atoms with Gasteiger partial charge < -0.3 is 9.84 Å². The summed E-state index contributed by atoms with van der Waals surface area (Å²) in [6.45, 7) is 3.60. The number of fused-ring (bicyclic) bond motifs is 1. The number of amides is 2. The summed E-state index contributed by atoms with van der Waals surface area (Å²) in [6, 6.07) is 14.9. The van der Waals surface area contributed by atoms with Crippen molar-refractivity contribution in [2.45, 2.75) is 20.4 Å². The Kier molecular flexibility index (Phi) is 6.99. The van der Waals surface area contributed by atoms with Gasteiger partial charge in [0.25, 0.3) is 17.4 Å². The number of imide groups is 1. The molecule has 5 rings (SSSR count). The maximum absolute atomic E-state index is 12.9. The standard InChI is InChI=1S/C29H23BrN4O6/c1-15-16(2)23(10-9-22(15)30)34-28(38)21(25(35)32-29(34)39)13-31-18-8-11-24(40-3)17(12-18)14-33-26(36)19-6-4-5-7-20(19)27(33)37/h4-13,38H,14H2,1-3H3,(H,32,35,39). The van der Waals surface area contributed by atoms with Crippen molar-refractivity contribution in [3.8, 4) is 17.3 Å². The van der Waals surface area contributed by atoms with Crippen molar-refractivity contribution in [3.05, 3.63) is 113 Å². The molecule has 4 aromatic rings. The zero-order chi connectivity index (χ0) is 28.7. The number of nitrogens with one attached hydrogen (secondary N) is 1. The molecule has 0 unspecified atom stereocenters. The van der Waals surface area contributed by atoms with Gasteiger partial charge in [0, 0.05) is 16.3 Å². The van der Waals surface area contributed by atoms with E-state index in [1.165, 1.54) is 7.11 Å². The molecule has 3 aromatic carbocycles. The lowest BCUT2D eigenvalue weighted by Crippen LogP contribution is -2.31. The van der Waals surface area contributed by atoms with Crippen molar-refractivity contribution in [1.82, 2.24) is 14.5 Å². The quantitative estimate of drug-likeness (QED) is 0.251. The molecule has 1 aliphatic rings. The van der Waals surface area contributed by atoms with Gasteiger partial charge in [0.15, 0.2) is 0 Å². The van der Waals surface area contributed by atoms with Crippen LogP contribution in [0.2, 0.25) is 0 Å². The highest BCUT2D eigenvalue weighted by atomic mass is 79.9. The molecule has 0 radical (unpaired) electrons. The number of H-pyrrole nitrogens is 1. The molecular weight excluding hydrogens is 580 g/mol. The van der Waals surface area contributed by atoms with Crippen molar-refractivity contribution in [1.29, 1.82) is 0 Å². The fraction of sp³-hybridized carbons (Fsp3) is 0.138. The molecule has 2 amide bonds. The molecule has 0 saturated heterocycles. The van der Waals surface area contributed by atoms with Crippen molar-refractivity contribution >= 4 is 39.6 Å². The number of benzene rings is 3. The van der Waals surface area contributed by atoms with Gasteiger partial charge in [0.05, 0.1) is 36.2 Å². The minimum atomic E-state index is -0.811. The lowest BCUT2D eigenvalue weighted by molar-refractivity contribution is 0.0641. The average molecular weight is 603 g/mol. The number of aromatic hydroxyl groups is 1. The molecule has 0 spiro atoms. The van der Waals surface area contributed by atoms with Crippen LogP contribution in [0.5, 0.6) is 11.6 Å². The van der Waals surface area contributed by atoms with Gasteiger partial charge in [0.1, 0.15) is 11.3 Å². The summed E-state index contributed by atoms with van der Waals surface area (Å²) >= 11 is 3.45. The molecule has 0 bridgehead atoms. The SMILES string of the molecule is COc1ccc(N=Cc2c(O)n(-c3ccc(Br)c(C)c3C)c(=O)[nH]c2=O)cc1CN1C(=O)c2ccccc2C1=O.